The third-order valence-electron chi connectivity index (χ3n) is 3.26. The van der Waals surface area contributed by atoms with Gasteiger partial charge in [-0.05, 0) is 46.0 Å². The summed E-state index contributed by atoms with van der Waals surface area (Å²) in [7, 11) is 1.73. The third kappa shape index (κ3) is 5.92. The summed E-state index contributed by atoms with van der Waals surface area (Å²) in [6.07, 6.45) is 0. The number of thiophene rings is 1. The van der Waals surface area contributed by atoms with Gasteiger partial charge in [-0.1, -0.05) is 19.1 Å². The van der Waals surface area contributed by atoms with Gasteiger partial charge in [0.25, 0.3) is 0 Å². The number of nitrogens with one attached hydrogen (secondary N) is 2. The fourth-order valence-corrected chi connectivity index (χ4v) is 2.76. The number of hydrogen-bond acceptors (Lipinski definition) is 2. The third-order valence-corrected chi connectivity index (χ3v) is 3.96. The summed E-state index contributed by atoms with van der Waals surface area (Å²) in [4.78, 5) is 4.18. The van der Waals surface area contributed by atoms with E-state index in [0.29, 0.717) is 12.5 Å². The van der Waals surface area contributed by atoms with Crippen LogP contribution in [-0.4, -0.2) is 19.6 Å². The molecule has 120 valence electrons. The quantitative estimate of drug-likeness (QED) is 0.425. The number of hydrogen-bond donors (Lipinski definition) is 2. The van der Waals surface area contributed by atoms with Crippen LogP contribution in [0.3, 0.4) is 0 Å². The molecule has 0 saturated heterocycles. The lowest BCUT2D eigenvalue weighted by atomic mass is 10.1. The Labute approximate surface area is 152 Å². The molecule has 1 atom stereocenters. The van der Waals surface area contributed by atoms with Crippen LogP contribution in [0.4, 0.5) is 4.39 Å². The van der Waals surface area contributed by atoms with Crippen molar-refractivity contribution in [1.29, 1.82) is 0 Å². The highest BCUT2D eigenvalue weighted by Gasteiger charge is 2.07. The Kier molecular flexibility index (Phi) is 8.40. The highest BCUT2D eigenvalue weighted by Crippen LogP contribution is 2.16. The molecule has 0 saturated carbocycles. The SMILES string of the molecule is CN=C(NCc1cccc(F)c1)NCC(C)c1ccsc1.I. The average molecular weight is 433 g/mol. The summed E-state index contributed by atoms with van der Waals surface area (Å²) in [5.41, 5.74) is 2.22. The van der Waals surface area contributed by atoms with Gasteiger partial charge in [-0.2, -0.15) is 11.3 Å². The van der Waals surface area contributed by atoms with Crippen molar-refractivity contribution in [2.24, 2.45) is 4.99 Å². The van der Waals surface area contributed by atoms with Crippen molar-refractivity contribution in [3.8, 4) is 0 Å². The van der Waals surface area contributed by atoms with Crippen molar-refractivity contribution >= 4 is 41.3 Å². The predicted molar refractivity (Wildman–Crippen MR) is 103 cm³/mol. The lowest BCUT2D eigenvalue weighted by Gasteiger charge is -2.15. The van der Waals surface area contributed by atoms with Crippen molar-refractivity contribution in [2.45, 2.75) is 19.4 Å². The van der Waals surface area contributed by atoms with Crippen LogP contribution in [-0.2, 0) is 6.54 Å². The molecule has 0 bridgehead atoms. The average Bonchev–Trinajstić information content (AvgIpc) is 3.01. The van der Waals surface area contributed by atoms with E-state index in [1.807, 2.05) is 6.07 Å². The van der Waals surface area contributed by atoms with Gasteiger partial charge in [-0.25, -0.2) is 4.39 Å². The minimum Gasteiger partial charge on any atom is -0.356 e. The molecular formula is C16H21FIN3S. The molecule has 0 fully saturated rings. The molecule has 6 heteroatoms. The first-order valence-corrected chi connectivity index (χ1v) is 7.84. The Morgan fingerprint density at radius 2 is 2.14 bits per heavy atom. The summed E-state index contributed by atoms with van der Waals surface area (Å²) >= 11 is 1.71. The normalized spacial score (nSPS) is 12.4. The largest absolute Gasteiger partial charge is 0.356 e. The molecule has 1 aromatic heterocycles. The van der Waals surface area contributed by atoms with Crippen molar-refractivity contribution in [3.05, 3.63) is 58.0 Å². The molecule has 2 rings (SSSR count). The maximum absolute atomic E-state index is 13.1. The van der Waals surface area contributed by atoms with Crippen LogP contribution in [0.2, 0.25) is 0 Å². The molecule has 3 nitrogen and oxygen atoms in total. The number of guanidine groups is 1. The first-order valence-electron chi connectivity index (χ1n) is 6.90. The van der Waals surface area contributed by atoms with Gasteiger partial charge in [0.15, 0.2) is 5.96 Å². The number of halogens is 2. The Morgan fingerprint density at radius 3 is 2.77 bits per heavy atom. The topological polar surface area (TPSA) is 36.4 Å². The lowest BCUT2D eigenvalue weighted by molar-refractivity contribution is 0.624. The number of aliphatic imine (C=N–C) groups is 1. The predicted octanol–water partition coefficient (Wildman–Crippen LogP) is 3.97. The van der Waals surface area contributed by atoms with Crippen molar-refractivity contribution < 1.29 is 4.39 Å². The molecule has 0 aliphatic carbocycles. The van der Waals surface area contributed by atoms with Crippen LogP contribution >= 0.6 is 35.3 Å². The van der Waals surface area contributed by atoms with Gasteiger partial charge in [0.05, 0.1) is 0 Å². The van der Waals surface area contributed by atoms with Gasteiger partial charge < -0.3 is 10.6 Å². The second-order valence-corrected chi connectivity index (χ2v) is 5.67. The molecule has 0 radical (unpaired) electrons. The van der Waals surface area contributed by atoms with E-state index in [4.69, 9.17) is 0 Å². The van der Waals surface area contributed by atoms with Crippen molar-refractivity contribution in [3.63, 3.8) is 0 Å². The summed E-state index contributed by atoms with van der Waals surface area (Å²) in [5, 5.41) is 10.7. The molecule has 0 aliphatic heterocycles. The van der Waals surface area contributed by atoms with E-state index in [-0.39, 0.29) is 29.8 Å². The van der Waals surface area contributed by atoms with Gasteiger partial charge >= 0.3 is 0 Å². The minimum atomic E-state index is -0.219. The molecule has 0 aliphatic rings. The zero-order valence-electron chi connectivity index (χ0n) is 12.7. The summed E-state index contributed by atoms with van der Waals surface area (Å²) in [6, 6.07) is 8.70. The zero-order chi connectivity index (χ0) is 15.1. The van der Waals surface area contributed by atoms with Gasteiger partial charge in [-0.15, -0.1) is 24.0 Å². The standard InChI is InChI=1S/C16H20FN3S.HI/c1-12(14-6-7-21-11-14)9-19-16(18-2)20-10-13-4-3-5-15(17)8-13;/h3-8,11-12H,9-10H2,1-2H3,(H2,18,19,20);1H. The van der Waals surface area contributed by atoms with Crippen LogP contribution in [0.5, 0.6) is 0 Å². The first-order chi connectivity index (χ1) is 10.2. The molecule has 0 amide bonds. The van der Waals surface area contributed by atoms with Crippen LogP contribution in [0.1, 0.15) is 24.0 Å². The fourth-order valence-electron chi connectivity index (χ4n) is 1.98. The minimum absolute atomic E-state index is 0. The van der Waals surface area contributed by atoms with Gasteiger partial charge in [-0.3, -0.25) is 4.99 Å². The molecule has 2 aromatic rings. The molecule has 1 aromatic carbocycles. The van der Waals surface area contributed by atoms with Gasteiger partial charge in [0.1, 0.15) is 5.82 Å². The van der Waals surface area contributed by atoms with Gasteiger partial charge in [0, 0.05) is 20.1 Å². The van der Waals surface area contributed by atoms with Crippen LogP contribution in [0, 0.1) is 5.82 Å². The van der Waals surface area contributed by atoms with E-state index in [1.165, 1.54) is 17.7 Å². The molecule has 22 heavy (non-hydrogen) atoms. The Balaban J connectivity index is 0.00000242. The zero-order valence-corrected chi connectivity index (χ0v) is 15.8. The van der Waals surface area contributed by atoms with E-state index >= 15 is 0 Å². The van der Waals surface area contributed by atoms with E-state index < -0.39 is 0 Å². The Hall–Kier alpha value is -1.15. The smallest absolute Gasteiger partial charge is 0.191 e. The molecule has 2 N–H and O–H groups in total. The number of rotatable bonds is 5. The fraction of sp³-hybridized carbons (Fsp3) is 0.312. The lowest BCUT2D eigenvalue weighted by Crippen LogP contribution is -2.38. The monoisotopic (exact) mass is 433 g/mol. The van der Waals surface area contributed by atoms with E-state index in [1.54, 1.807) is 24.5 Å². The second kappa shape index (κ2) is 9.78. The van der Waals surface area contributed by atoms with E-state index in [0.717, 1.165) is 18.1 Å². The van der Waals surface area contributed by atoms with Gasteiger partial charge in [0.2, 0.25) is 0 Å². The molecular weight excluding hydrogens is 412 g/mol. The number of nitrogens with zero attached hydrogens (tertiary/aromatic N) is 1. The molecule has 1 heterocycles. The highest BCUT2D eigenvalue weighted by atomic mass is 127. The van der Waals surface area contributed by atoms with Crippen LogP contribution < -0.4 is 10.6 Å². The number of benzene rings is 1. The van der Waals surface area contributed by atoms with Crippen molar-refractivity contribution in [2.75, 3.05) is 13.6 Å². The van der Waals surface area contributed by atoms with E-state index in [2.05, 4.69) is 39.4 Å². The molecule has 0 spiro atoms. The van der Waals surface area contributed by atoms with Crippen LogP contribution in [0.15, 0.2) is 46.1 Å². The maximum atomic E-state index is 13.1. The van der Waals surface area contributed by atoms with E-state index in [9.17, 15) is 4.39 Å². The Bertz CT molecular complexity index is 587. The summed E-state index contributed by atoms with van der Waals surface area (Å²) < 4.78 is 13.1. The Morgan fingerprint density at radius 1 is 1.32 bits per heavy atom. The van der Waals surface area contributed by atoms with Crippen LogP contribution in [0.25, 0.3) is 0 Å². The summed E-state index contributed by atoms with van der Waals surface area (Å²) in [5.74, 6) is 0.925. The highest BCUT2D eigenvalue weighted by molar-refractivity contribution is 14.0. The summed E-state index contributed by atoms with van der Waals surface area (Å²) in [6.45, 7) is 3.53. The second-order valence-electron chi connectivity index (χ2n) is 4.89. The molecule has 1 unspecified atom stereocenters. The first kappa shape index (κ1) is 18.9. The van der Waals surface area contributed by atoms with Crippen molar-refractivity contribution in [1.82, 2.24) is 10.6 Å². The maximum Gasteiger partial charge on any atom is 0.191 e.